The Morgan fingerprint density at radius 1 is 1.07 bits per heavy atom. The normalized spacial score (nSPS) is 29.2. The smallest absolute Gasteiger partial charge is 0.308 e. The fourth-order valence-electron chi connectivity index (χ4n) is 9.01. The highest BCUT2D eigenvalue weighted by Crippen LogP contribution is 2.71. The van der Waals surface area contributed by atoms with E-state index in [4.69, 9.17) is 9.47 Å². The molecule has 0 spiro atoms. The molecule has 2 fully saturated rings. The molecular weight excluding hydrogens is 546 g/mol. The Labute approximate surface area is 266 Å². The van der Waals surface area contributed by atoms with Crippen molar-refractivity contribution in [1.82, 2.24) is 4.90 Å². The minimum Gasteiger partial charge on any atom is -0.494 e. The van der Waals surface area contributed by atoms with Gasteiger partial charge in [-0.15, -0.1) is 6.58 Å². The van der Waals surface area contributed by atoms with E-state index in [0.29, 0.717) is 17.7 Å². The highest BCUT2D eigenvalue weighted by atomic mass is 16.5. The molecule has 1 N–H and O–H groups in total. The van der Waals surface area contributed by atoms with Crippen LogP contribution in [-0.4, -0.2) is 48.3 Å². The number of hydrogen-bond acceptors (Lipinski definition) is 5. The summed E-state index contributed by atoms with van der Waals surface area (Å²) < 4.78 is 11.6. The highest BCUT2D eigenvalue weighted by molar-refractivity contribution is 5.69. The average molecular weight is 602 g/mol. The maximum atomic E-state index is 11.7. The van der Waals surface area contributed by atoms with Gasteiger partial charge in [0.1, 0.15) is 11.5 Å². The zero-order valence-electron chi connectivity index (χ0n) is 27.8. The number of benzene rings is 2. The molecule has 240 valence electrons. The van der Waals surface area contributed by atoms with Crippen LogP contribution in [0.4, 0.5) is 0 Å². The molecule has 5 nitrogen and oxygen atoms in total. The number of esters is 1. The molecule has 5 heteroatoms. The van der Waals surface area contributed by atoms with Gasteiger partial charge in [-0.05, 0) is 136 Å². The molecule has 6 atom stereocenters. The van der Waals surface area contributed by atoms with Crippen LogP contribution in [0.3, 0.4) is 0 Å². The number of aliphatic hydroxyl groups is 1. The summed E-state index contributed by atoms with van der Waals surface area (Å²) in [5.41, 5.74) is 3.67. The predicted molar refractivity (Wildman–Crippen MR) is 178 cm³/mol. The molecule has 0 radical (unpaired) electrons. The molecule has 0 aromatic heterocycles. The van der Waals surface area contributed by atoms with E-state index >= 15 is 0 Å². The lowest BCUT2D eigenvalue weighted by atomic mass is 9.44. The Hall–Kier alpha value is -2.63. The zero-order valence-corrected chi connectivity index (χ0v) is 27.8. The SMILES string of the molecule is C=C[C@@]12CCc3cc(OC(C)=O)ccc3[C@H]1[C@@H](c1ccc(OCCCCCCCN(C)C(C)C)cc1)C[C@@]1(C)[C@H]2CC[C@@H]1O. The van der Waals surface area contributed by atoms with Gasteiger partial charge in [0.2, 0.25) is 0 Å². The third-order valence-electron chi connectivity index (χ3n) is 11.6. The van der Waals surface area contributed by atoms with Gasteiger partial charge >= 0.3 is 5.97 Å². The van der Waals surface area contributed by atoms with Gasteiger partial charge in [-0.2, -0.15) is 0 Å². The lowest BCUT2D eigenvalue weighted by molar-refractivity contribution is -0.131. The quantitative estimate of drug-likeness (QED) is 0.108. The largest absolute Gasteiger partial charge is 0.494 e. The van der Waals surface area contributed by atoms with Crippen molar-refractivity contribution in [1.29, 1.82) is 0 Å². The maximum absolute atomic E-state index is 11.7. The number of hydrogen-bond donors (Lipinski definition) is 1. The standard InChI is InChI=1S/C39H55NO4/c1-7-39-22-21-30-25-32(44-28(4)41)17-18-33(30)37(39)34(26-38(5)35(39)19-20-36(38)42)29-13-15-31(16-14-29)43-24-12-10-8-9-11-23-40(6)27(2)3/h7,13-18,25,27,34-37,42H,1,8-12,19-24,26H2,2-6H3/t34-,35-,36+,37+,38+,39+/m1/s1. The Morgan fingerprint density at radius 2 is 1.77 bits per heavy atom. The molecule has 0 aliphatic heterocycles. The number of nitrogens with zero attached hydrogens (tertiary/aromatic N) is 1. The van der Waals surface area contributed by atoms with Crippen LogP contribution in [0.2, 0.25) is 0 Å². The Kier molecular flexibility index (Phi) is 10.3. The van der Waals surface area contributed by atoms with E-state index in [1.807, 2.05) is 6.07 Å². The molecule has 2 aromatic rings. The van der Waals surface area contributed by atoms with Crippen LogP contribution >= 0.6 is 0 Å². The molecule has 2 saturated carbocycles. The summed E-state index contributed by atoms with van der Waals surface area (Å²) in [6.45, 7) is 14.7. The first-order valence-corrected chi connectivity index (χ1v) is 17.1. The molecule has 0 amide bonds. The molecule has 2 aromatic carbocycles. The topological polar surface area (TPSA) is 59.0 Å². The van der Waals surface area contributed by atoms with Gasteiger partial charge in [0.15, 0.2) is 0 Å². The van der Waals surface area contributed by atoms with Crippen molar-refractivity contribution in [3.05, 3.63) is 71.8 Å². The molecule has 0 unspecified atom stereocenters. The van der Waals surface area contributed by atoms with Crippen LogP contribution in [0.5, 0.6) is 11.5 Å². The van der Waals surface area contributed by atoms with E-state index in [1.54, 1.807) is 0 Å². The summed E-state index contributed by atoms with van der Waals surface area (Å²) in [6, 6.07) is 15.6. The number of fused-ring (bicyclic) bond motifs is 5. The van der Waals surface area contributed by atoms with Crippen LogP contribution in [0, 0.1) is 16.7 Å². The second kappa shape index (κ2) is 13.8. The second-order valence-corrected chi connectivity index (χ2v) is 14.5. The summed E-state index contributed by atoms with van der Waals surface area (Å²) in [5.74, 6) is 2.15. The minimum atomic E-state index is -0.292. The van der Waals surface area contributed by atoms with Crippen LogP contribution in [0.25, 0.3) is 0 Å². The lowest BCUT2D eigenvalue weighted by Gasteiger charge is -2.60. The Balaban J connectivity index is 1.30. The summed E-state index contributed by atoms with van der Waals surface area (Å²) in [5, 5.41) is 11.3. The lowest BCUT2D eigenvalue weighted by Crippen LogP contribution is -2.53. The molecule has 3 aliphatic rings. The maximum Gasteiger partial charge on any atom is 0.308 e. The van der Waals surface area contributed by atoms with Gasteiger partial charge < -0.3 is 19.5 Å². The van der Waals surface area contributed by atoms with Crippen LogP contribution in [0.15, 0.2) is 55.1 Å². The molecular formula is C39H55NO4. The third kappa shape index (κ3) is 6.51. The Bertz CT molecular complexity index is 1290. The van der Waals surface area contributed by atoms with Crippen molar-refractivity contribution in [2.45, 2.75) is 116 Å². The second-order valence-electron chi connectivity index (χ2n) is 14.5. The number of aliphatic hydroxyl groups excluding tert-OH is 1. The van der Waals surface area contributed by atoms with Gasteiger partial charge in [0.25, 0.3) is 0 Å². The van der Waals surface area contributed by atoms with Gasteiger partial charge in [-0.1, -0.05) is 50.5 Å². The van der Waals surface area contributed by atoms with Crippen molar-refractivity contribution in [3.63, 3.8) is 0 Å². The summed E-state index contributed by atoms with van der Waals surface area (Å²) in [4.78, 5) is 14.1. The number of carbonyl (C=O) groups is 1. The number of ether oxygens (including phenoxy) is 2. The molecule has 0 saturated heterocycles. The van der Waals surface area contributed by atoms with E-state index in [2.05, 4.69) is 81.8 Å². The molecule has 3 aliphatic carbocycles. The minimum absolute atomic E-state index is 0.0928. The molecule has 0 bridgehead atoms. The van der Waals surface area contributed by atoms with Crippen molar-refractivity contribution < 1.29 is 19.4 Å². The summed E-state index contributed by atoms with van der Waals surface area (Å²) in [6.07, 6.45) is 12.8. The number of aryl methyl sites for hydroxylation is 1. The monoisotopic (exact) mass is 601 g/mol. The highest BCUT2D eigenvalue weighted by Gasteiger charge is 2.63. The van der Waals surface area contributed by atoms with Crippen molar-refractivity contribution in [2.24, 2.45) is 16.7 Å². The first kappa shape index (κ1) is 32.8. The van der Waals surface area contributed by atoms with Crippen LogP contribution in [-0.2, 0) is 11.2 Å². The number of carbonyl (C=O) groups excluding carboxylic acids is 1. The van der Waals surface area contributed by atoms with Crippen molar-refractivity contribution in [3.8, 4) is 11.5 Å². The van der Waals surface area contributed by atoms with Crippen molar-refractivity contribution >= 4 is 5.97 Å². The van der Waals surface area contributed by atoms with E-state index in [-0.39, 0.29) is 34.7 Å². The number of rotatable bonds is 13. The third-order valence-corrected chi connectivity index (χ3v) is 11.6. The predicted octanol–water partition coefficient (Wildman–Crippen LogP) is 8.45. The number of unbranched alkanes of at least 4 members (excludes halogenated alkanes) is 4. The Morgan fingerprint density at radius 3 is 2.48 bits per heavy atom. The van der Waals surface area contributed by atoms with Crippen LogP contribution in [0.1, 0.15) is 114 Å². The van der Waals surface area contributed by atoms with Crippen molar-refractivity contribution in [2.75, 3.05) is 20.2 Å². The summed E-state index contributed by atoms with van der Waals surface area (Å²) in [7, 11) is 2.21. The van der Waals surface area contributed by atoms with Gasteiger partial charge in [0, 0.05) is 18.9 Å². The summed E-state index contributed by atoms with van der Waals surface area (Å²) >= 11 is 0. The van der Waals surface area contributed by atoms with Gasteiger partial charge in [-0.3, -0.25) is 4.79 Å². The average Bonchev–Trinajstić information content (AvgIpc) is 3.31. The molecule has 0 heterocycles. The molecule has 5 rings (SSSR count). The van der Waals surface area contributed by atoms with Gasteiger partial charge in [-0.25, -0.2) is 0 Å². The van der Waals surface area contributed by atoms with Gasteiger partial charge in [0.05, 0.1) is 12.7 Å². The zero-order chi connectivity index (χ0) is 31.5. The first-order chi connectivity index (χ1) is 21.1. The fraction of sp³-hybridized carbons (Fsp3) is 0.615. The molecule has 44 heavy (non-hydrogen) atoms. The van der Waals surface area contributed by atoms with E-state index in [1.165, 1.54) is 55.8 Å². The van der Waals surface area contributed by atoms with Crippen LogP contribution < -0.4 is 9.47 Å². The number of allylic oxidation sites excluding steroid dienone is 1. The van der Waals surface area contributed by atoms with E-state index in [0.717, 1.165) is 50.9 Å². The first-order valence-electron chi connectivity index (χ1n) is 17.1. The van der Waals surface area contributed by atoms with E-state index in [9.17, 15) is 9.90 Å². The fourth-order valence-corrected chi connectivity index (χ4v) is 9.01. The van der Waals surface area contributed by atoms with E-state index < -0.39 is 0 Å².